The number of carbonyl (C=O) groups is 1. The van der Waals surface area contributed by atoms with Gasteiger partial charge in [0.05, 0.1) is 11.5 Å². The van der Waals surface area contributed by atoms with E-state index in [1.54, 1.807) is 0 Å². The molecule has 2 aliphatic heterocycles. The van der Waals surface area contributed by atoms with E-state index in [9.17, 15) is 4.79 Å². The van der Waals surface area contributed by atoms with Crippen molar-refractivity contribution in [2.24, 2.45) is 5.92 Å². The van der Waals surface area contributed by atoms with Gasteiger partial charge in [0.1, 0.15) is 0 Å². The van der Waals surface area contributed by atoms with Gasteiger partial charge in [-0.2, -0.15) is 11.8 Å². The third-order valence-electron chi connectivity index (χ3n) is 5.44. The van der Waals surface area contributed by atoms with Gasteiger partial charge in [0.25, 0.3) is 0 Å². The Morgan fingerprint density at radius 2 is 1.81 bits per heavy atom. The Bertz CT molecular complexity index is 357. The van der Waals surface area contributed by atoms with E-state index in [1.807, 2.05) is 11.8 Å². The van der Waals surface area contributed by atoms with E-state index in [0.717, 1.165) is 45.1 Å². The molecule has 0 radical (unpaired) electrons. The zero-order valence-electron chi connectivity index (χ0n) is 12.7. The summed E-state index contributed by atoms with van der Waals surface area (Å²) in [4.78, 5) is 11.0. The van der Waals surface area contributed by atoms with Gasteiger partial charge in [-0.3, -0.25) is 4.79 Å². The molecule has 3 aliphatic rings. The molecule has 0 aromatic carbocycles. The summed E-state index contributed by atoms with van der Waals surface area (Å²) in [6, 6.07) is 1.08. The van der Waals surface area contributed by atoms with Gasteiger partial charge in [-0.05, 0) is 62.9 Å². The summed E-state index contributed by atoms with van der Waals surface area (Å²) in [5.74, 6) is 1.74. The standard InChI is InChI=1S/C16H27NO3S/c18-15(19)12-1-3-13(4-2-12)17-14-5-8-20-16(11-14)6-9-21-10-7-16/h12-14,17H,1-11H2,(H,18,19). The van der Waals surface area contributed by atoms with Crippen LogP contribution in [-0.4, -0.2) is 46.9 Å². The minimum absolute atomic E-state index is 0.112. The molecule has 3 fully saturated rings. The van der Waals surface area contributed by atoms with Crippen LogP contribution < -0.4 is 5.32 Å². The average molecular weight is 313 g/mol. The van der Waals surface area contributed by atoms with E-state index < -0.39 is 5.97 Å². The highest BCUT2D eigenvalue weighted by Gasteiger charge is 2.39. The van der Waals surface area contributed by atoms with Crippen molar-refractivity contribution in [1.29, 1.82) is 0 Å². The molecular weight excluding hydrogens is 286 g/mol. The number of rotatable bonds is 3. The van der Waals surface area contributed by atoms with Gasteiger partial charge < -0.3 is 15.2 Å². The normalized spacial score (nSPS) is 36.5. The smallest absolute Gasteiger partial charge is 0.306 e. The van der Waals surface area contributed by atoms with Crippen LogP contribution in [0.5, 0.6) is 0 Å². The van der Waals surface area contributed by atoms with E-state index in [-0.39, 0.29) is 11.5 Å². The van der Waals surface area contributed by atoms with Gasteiger partial charge in [-0.25, -0.2) is 0 Å². The Morgan fingerprint density at radius 1 is 1.10 bits per heavy atom. The molecule has 1 unspecified atom stereocenters. The minimum Gasteiger partial charge on any atom is -0.481 e. The van der Waals surface area contributed by atoms with Gasteiger partial charge in [-0.1, -0.05) is 0 Å². The van der Waals surface area contributed by atoms with E-state index in [0.29, 0.717) is 12.1 Å². The maximum absolute atomic E-state index is 11.0. The molecule has 0 amide bonds. The number of ether oxygens (including phenoxy) is 1. The van der Waals surface area contributed by atoms with E-state index >= 15 is 0 Å². The van der Waals surface area contributed by atoms with Crippen LogP contribution in [0.4, 0.5) is 0 Å². The van der Waals surface area contributed by atoms with Crippen molar-refractivity contribution in [3.05, 3.63) is 0 Å². The molecule has 2 heterocycles. The van der Waals surface area contributed by atoms with Crippen molar-refractivity contribution in [2.45, 2.75) is 69.1 Å². The number of carboxylic acids is 1. The van der Waals surface area contributed by atoms with E-state index in [2.05, 4.69) is 5.32 Å². The summed E-state index contributed by atoms with van der Waals surface area (Å²) < 4.78 is 6.14. The first kappa shape index (κ1) is 15.6. The van der Waals surface area contributed by atoms with E-state index in [4.69, 9.17) is 9.84 Å². The molecule has 1 saturated carbocycles. The molecule has 1 spiro atoms. The Hall–Kier alpha value is -0.260. The summed E-state index contributed by atoms with van der Waals surface area (Å²) in [6.45, 7) is 0.882. The molecular formula is C16H27NO3S. The number of hydrogen-bond donors (Lipinski definition) is 2. The third-order valence-corrected chi connectivity index (χ3v) is 6.43. The van der Waals surface area contributed by atoms with Gasteiger partial charge in [0.15, 0.2) is 0 Å². The maximum atomic E-state index is 11.0. The summed E-state index contributed by atoms with van der Waals surface area (Å²) in [6.07, 6.45) is 8.33. The number of aliphatic carboxylic acids is 1. The van der Waals surface area contributed by atoms with Gasteiger partial charge in [0.2, 0.25) is 0 Å². The lowest BCUT2D eigenvalue weighted by Crippen LogP contribution is -2.51. The van der Waals surface area contributed by atoms with Gasteiger partial charge in [-0.15, -0.1) is 0 Å². The molecule has 1 atom stereocenters. The van der Waals surface area contributed by atoms with Crippen LogP contribution >= 0.6 is 11.8 Å². The fraction of sp³-hybridized carbons (Fsp3) is 0.938. The predicted octanol–water partition coefficient (Wildman–Crippen LogP) is 2.66. The van der Waals surface area contributed by atoms with Crippen molar-refractivity contribution >= 4 is 17.7 Å². The molecule has 1 aliphatic carbocycles. The second-order valence-corrected chi connectivity index (χ2v) is 8.11. The third kappa shape index (κ3) is 3.93. The maximum Gasteiger partial charge on any atom is 0.306 e. The Labute approximate surface area is 131 Å². The highest BCUT2D eigenvalue weighted by Crippen LogP contribution is 2.38. The first-order valence-corrected chi connectivity index (χ1v) is 9.53. The van der Waals surface area contributed by atoms with Crippen LogP contribution in [-0.2, 0) is 9.53 Å². The van der Waals surface area contributed by atoms with Crippen LogP contribution in [0.25, 0.3) is 0 Å². The molecule has 0 bridgehead atoms. The van der Waals surface area contributed by atoms with Crippen LogP contribution in [0.1, 0.15) is 51.4 Å². The first-order valence-electron chi connectivity index (χ1n) is 8.37. The number of thioether (sulfide) groups is 1. The topological polar surface area (TPSA) is 58.6 Å². The molecule has 2 N–H and O–H groups in total. The molecule has 0 aromatic rings. The quantitative estimate of drug-likeness (QED) is 0.839. The summed E-state index contributed by atoms with van der Waals surface area (Å²) in [7, 11) is 0. The minimum atomic E-state index is -0.613. The van der Waals surface area contributed by atoms with Gasteiger partial charge >= 0.3 is 5.97 Å². The second-order valence-electron chi connectivity index (χ2n) is 6.89. The summed E-state index contributed by atoms with van der Waals surface area (Å²) in [5.41, 5.74) is 0.138. The average Bonchev–Trinajstić information content (AvgIpc) is 2.49. The number of nitrogens with one attached hydrogen (secondary N) is 1. The summed E-state index contributed by atoms with van der Waals surface area (Å²) >= 11 is 2.05. The van der Waals surface area contributed by atoms with Crippen molar-refractivity contribution in [3.63, 3.8) is 0 Å². The fourth-order valence-corrected chi connectivity index (χ4v) is 5.34. The molecule has 0 aromatic heterocycles. The molecule has 21 heavy (non-hydrogen) atoms. The molecule has 3 rings (SSSR count). The highest BCUT2D eigenvalue weighted by atomic mass is 32.2. The Morgan fingerprint density at radius 3 is 2.48 bits per heavy atom. The van der Waals surface area contributed by atoms with Crippen LogP contribution in [0.2, 0.25) is 0 Å². The molecule has 120 valence electrons. The Balaban J connectivity index is 1.48. The highest BCUT2D eigenvalue weighted by molar-refractivity contribution is 7.99. The van der Waals surface area contributed by atoms with Crippen molar-refractivity contribution in [3.8, 4) is 0 Å². The number of carboxylic acid groups (broad SMARTS) is 1. The zero-order valence-corrected chi connectivity index (χ0v) is 13.5. The van der Waals surface area contributed by atoms with Crippen molar-refractivity contribution in [2.75, 3.05) is 18.1 Å². The lowest BCUT2D eigenvalue weighted by Gasteiger charge is -2.44. The second kappa shape index (κ2) is 6.88. The molecule has 4 nitrogen and oxygen atoms in total. The lowest BCUT2D eigenvalue weighted by molar-refractivity contribution is -0.142. The van der Waals surface area contributed by atoms with E-state index in [1.165, 1.54) is 24.3 Å². The largest absolute Gasteiger partial charge is 0.481 e. The molecule has 2 saturated heterocycles. The van der Waals surface area contributed by atoms with Crippen LogP contribution in [0, 0.1) is 5.92 Å². The zero-order chi connectivity index (χ0) is 14.7. The first-order chi connectivity index (χ1) is 10.2. The SMILES string of the molecule is O=C(O)C1CCC(NC2CCOC3(CCSCC3)C2)CC1. The Kier molecular flexibility index (Phi) is 5.12. The monoisotopic (exact) mass is 313 g/mol. The van der Waals surface area contributed by atoms with Crippen molar-refractivity contribution in [1.82, 2.24) is 5.32 Å². The van der Waals surface area contributed by atoms with Crippen LogP contribution in [0.15, 0.2) is 0 Å². The van der Waals surface area contributed by atoms with Crippen LogP contribution in [0.3, 0.4) is 0 Å². The fourth-order valence-electron chi connectivity index (χ4n) is 4.10. The summed E-state index contributed by atoms with van der Waals surface area (Å²) in [5, 5.41) is 12.9. The lowest BCUT2D eigenvalue weighted by atomic mass is 9.83. The number of hydrogen-bond acceptors (Lipinski definition) is 4. The van der Waals surface area contributed by atoms with Crippen molar-refractivity contribution < 1.29 is 14.6 Å². The van der Waals surface area contributed by atoms with Gasteiger partial charge in [0, 0.05) is 18.7 Å². The predicted molar refractivity (Wildman–Crippen MR) is 84.8 cm³/mol. The molecule has 5 heteroatoms.